The zero-order valence-electron chi connectivity index (χ0n) is 16.3. The van der Waals surface area contributed by atoms with Crippen molar-refractivity contribution in [1.29, 1.82) is 0 Å². The maximum atomic E-state index is 13.9. The molecule has 4 rings (SSSR count). The lowest BCUT2D eigenvalue weighted by atomic mass is 10.1. The molecule has 2 aromatic carbocycles. The Balaban J connectivity index is 1.59. The van der Waals surface area contributed by atoms with Gasteiger partial charge in [-0.2, -0.15) is 0 Å². The molecule has 0 radical (unpaired) electrons. The summed E-state index contributed by atoms with van der Waals surface area (Å²) in [4.78, 5) is 30.4. The van der Waals surface area contributed by atoms with Crippen LogP contribution in [0.4, 0.5) is 10.1 Å². The number of nitrogens with zero attached hydrogens (tertiary/aromatic N) is 1. The number of hydrogen-bond donors (Lipinski definition) is 2. The predicted octanol–water partition coefficient (Wildman–Crippen LogP) is 4.81. The molecule has 0 saturated carbocycles. The summed E-state index contributed by atoms with van der Waals surface area (Å²) in [6.45, 7) is 2.72. The first-order valence-electron chi connectivity index (χ1n) is 9.53. The molecule has 30 heavy (non-hydrogen) atoms. The highest BCUT2D eigenvalue weighted by Crippen LogP contribution is 2.22. The number of H-pyrrole nitrogens is 1. The van der Waals surface area contributed by atoms with E-state index in [1.807, 2.05) is 37.4 Å². The van der Waals surface area contributed by atoms with Crippen molar-refractivity contribution in [1.82, 2.24) is 9.88 Å². The Hall–Kier alpha value is -3.87. The molecule has 0 aliphatic carbocycles. The number of aromatic amines is 1. The molecular weight excluding hydrogens is 385 g/mol. The number of nitrogens with one attached hydrogen (secondary N) is 2. The van der Waals surface area contributed by atoms with E-state index in [2.05, 4.69) is 10.3 Å². The lowest BCUT2D eigenvalue weighted by molar-refractivity contribution is 0.0753. The van der Waals surface area contributed by atoms with Crippen LogP contribution in [-0.2, 0) is 6.54 Å². The van der Waals surface area contributed by atoms with Gasteiger partial charge >= 0.3 is 0 Å². The molecule has 0 unspecified atom stereocenters. The normalized spacial score (nSPS) is 10.9. The highest BCUT2D eigenvalue weighted by Gasteiger charge is 2.20. The summed E-state index contributed by atoms with van der Waals surface area (Å²) in [5.41, 5.74) is 2.62. The summed E-state index contributed by atoms with van der Waals surface area (Å²) in [6.07, 6.45) is 4.52. The van der Waals surface area contributed by atoms with Crippen LogP contribution in [-0.4, -0.2) is 28.2 Å². The fourth-order valence-corrected chi connectivity index (χ4v) is 3.31. The molecule has 4 aromatic rings. The van der Waals surface area contributed by atoms with Crippen LogP contribution in [0.1, 0.15) is 33.2 Å². The maximum absolute atomic E-state index is 13.9. The number of furan rings is 1. The third-order valence-electron chi connectivity index (χ3n) is 4.90. The molecule has 0 aliphatic rings. The van der Waals surface area contributed by atoms with Crippen LogP contribution in [0, 0.1) is 5.82 Å². The minimum atomic E-state index is -0.546. The highest BCUT2D eigenvalue weighted by molar-refractivity contribution is 6.08. The van der Waals surface area contributed by atoms with Crippen molar-refractivity contribution in [3.8, 4) is 0 Å². The Morgan fingerprint density at radius 2 is 2.00 bits per heavy atom. The van der Waals surface area contributed by atoms with E-state index in [9.17, 15) is 14.0 Å². The third kappa shape index (κ3) is 3.96. The first kappa shape index (κ1) is 19.4. The smallest absolute Gasteiger partial charge is 0.258 e. The van der Waals surface area contributed by atoms with Gasteiger partial charge in [-0.05, 0) is 60.3 Å². The van der Waals surface area contributed by atoms with Gasteiger partial charge in [0.2, 0.25) is 0 Å². The third-order valence-corrected chi connectivity index (χ3v) is 4.90. The second-order valence-corrected chi connectivity index (χ2v) is 6.87. The first-order valence-corrected chi connectivity index (χ1v) is 9.53. The van der Waals surface area contributed by atoms with Crippen LogP contribution < -0.4 is 5.32 Å². The standard InChI is InChI=1S/C23H20FN3O3/c1-2-27(13-15-3-6-20-16(11-15)7-9-25-20)23(29)19-5-4-18(24)12-21(19)26-22(28)17-8-10-30-14-17/h3-12,14,25H,2,13H2,1H3,(H,26,28). The zero-order valence-corrected chi connectivity index (χ0v) is 16.3. The number of halogens is 1. The monoisotopic (exact) mass is 405 g/mol. The Morgan fingerprint density at radius 3 is 2.77 bits per heavy atom. The van der Waals surface area contributed by atoms with Crippen LogP contribution in [0.2, 0.25) is 0 Å². The minimum Gasteiger partial charge on any atom is -0.472 e. The van der Waals surface area contributed by atoms with E-state index in [4.69, 9.17) is 4.42 Å². The number of carbonyl (C=O) groups is 2. The van der Waals surface area contributed by atoms with Crippen LogP contribution >= 0.6 is 0 Å². The van der Waals surface area contributed by atoms with E-state index in [0.29, 0.717) is 13.1 Å². The van der Waals surface area contributed by atoms with Gasteiger partial charge in [0.05, 0.1) is 23.1 Å². The van der Waals surface area contributed by atoms with E-state index < -0.39 is 11.7 Å². The number of rotatable bonds is 6. The number of carbonyl (C=O) groups excluding carboxylic acids is 2. The van der Waals surface area contributed by atoms with Gasteiger partial charge in [0.15, 0.2) is 0 Å². The van der Waals surface area contributed by atoms with Gasteiger partial charge in [0.25, 0.3) is 11.8 Å². The topological polar surface area (TPSA) is 78.3 Å². The average molecular weight is 405 g/mol. The van der Waals surface area contributed by atoms with E-state index in [-0.39, 0.29) is 22.7 Å². The maximum Gasteiger partial charge on any atom is 0.258 e. The SMILES string of the molecule is CCN(Cc1ccc2[nH]ccc2c1)C(=O)c1ccc(F)cc1NC(=O)c1ccoc1. The molecule has 0 fully saturated rings. The number of amides is 2. The number of aromatic nitrogens is 1. The summed E-state index contributed by atoms with van der Waals surface area (Å²) in [6, 6.07) is 13.2. The second kappa shape index (κ2) is 8.24. The predicted molar refractivity (Wildman–Crippen MR) is 112 cm³/mol. The van der Waals surface area contributed by atoms with Gasteiger partial charge in [-0.25, -0.2) is 4.39 Å². The molecule has 2 heterocycles. The fraction of sp³-hybridized carbons (Fsp3) is 0.130. The summed E-state index contributed by atoms with van der Waals surface area (Å²) in [5.74, 6) is -1.33. The summed E-state index contributed by atoms with van der Waals surface area (Å²) in [7, 11) is 0. The van der Waals surface area contributed by atoms with Crippen molar-refractivity contribution < 1.29 is 18.4 Å². The lowest BCUT2D eigenvalue weighted by Crippen LogP contribution is -2.31. The van der Waals surface area contributed by atoms with E-state index in [0.717, 1.165) is 22.5 Å². The first-order chi connectivity index (χ1) is 14.5. The van der Waals surface area contributed by atoms with Gasteiger partial charge in [-0.1, -0.05) is 6.07 Å². The van der Waals surface area contributed by atoms with E-state index in [1.165, 1.54) is 30.7 Å². The van der Waals surface area contributed by atoms with Crippen molar-refractivity contribution in [3.05, 3.63) is 89.8 Å². The number of fused-ring (bicyclic) bond motifs is 1. The highest BCUT2D eigenvalue weighted by atomic mass is 19.1. The van der Waals surface area contributed by atoms with Crippen LogP contribution in [0.3, 0.4) is 0 Å². The molecule has 0 saturated heterocycles. The zero-order chi connectivity index (χ0) is 21.1. The fourth-order valence-electron chi connectivity index (χ4n) is 3.31. The van der Waals surface area contributed by atoms with Gasteiger partial charge in [0.1, 0.15) is 12.1 Å². The Bertz CT molecular complexity index is 1200. The quantitative estimate of drug-likeness (QED) is 0.483. The largest absolute Gasteiger partial charge is 0.472 e. The van der Waals surface area contributed by atoms with Crippen molar-refractivity contribution in [2.45, 2.75) is 13.5 Å². The van der Waals surface area contributed by atoms with Crippen molar-refractivity contribution in [2.24, 2.45) is 0 Å². The molecule has 0 bridgehead atoms. The molecule has 2 aromatic heterocycles. The number of hydrogen-bond acceptors (Lipinski definition) is 3. The van der Waals surface area contributed by atoms with E-state index in [1.54, 1.807) is 4.90 Å². The summed E-state index contributed by atoms with van der Waals surface area (Å²) >= 11 is 0. The summed E-state index contributed by atoms with van der Waals surface area (Å²) < 4.78 is 18.8. The lowest BCUT2D eigenvalue weighted by Gasteiger charge is -2.22. The Morgan fingerprint density at radius 1 is 1.13 bits per heavy atom. The van der Waals surface area contributed by atoms with Gasteiger partial charge in [-0.15, -0.1) is 0 Å². The van der Waals surface area contributed by atoms with Gasteiger partial charge in [0, 0.05) is 24.8 Å². The Labute approximate surface area is 172 Å². The van der Waals surface area contributed by atoms with Crippen molar-refractivity contribution >= 4 is 28.4 Å². The van der Waals surface area contributed by atoms with E-state index >= 15 is 0 Å². The van der Waals surface area contributed by atoms with Gasteiger partial charge < -0.3 is 19.6 Å². The van der Waals surface area contributed by atoms with Crippen molar-refractivity contribution in [3.63, 3.8) is 0 Å². The van der Waals surface area contributed by atoms with Crippen LogP contribution in [0.25, 0.3) is 10.9 Å². The molecular formula is C23H20FN3O3. The molecule has 0 aliphatic heterocycles. The summed E-state index contributed by atoms with van der Waals surface area (Å²) in [5, 5.41) is 3.67. The number of anilines is 1. The van der Waals surface area contributed by atoms with Crippen molar-refractivity contribution in [2.75, 3.05) is 11.9 Å². The average Bonchev–Trinajstić information content (AvgIpc) is 3.43. The molecule has 2 amide bonds. The number of benzene rings is 2. The molecule has 7 heteroatoms. The molecule has 0 atom stereocenters. The molecule has 6 nitrogen and oxygen atoms in total. The molecule has 0 spiro atoms. The molecule has 2 N–H and O–H groups in total. The molecule has 152 valence electrons. The van der Waals surface area contributed by atoms with Crippen LogP contribution in [0.15, 0.2) is 71.7 Å². The minimum absolute atomic E-state index is 0.116. The Kier molecular flexibility index (Phi) is 5.34. The second-order valence-electron chi connectivity index (χ2n) is 6.87. The van der Waals surface area contributed by atoms with Crippen LogP contribution in [0.5, 0.6) is 0 Å². The van der Waals surface area contributed by atoms with Gasteiger partial charge in [-0.3, -0.25) is 9.59 Å².